The van der Waals surface area contributed by atoms with Gasteiger partial charge in [-0.2, -0.15) is 0 Å². The molecular weight excluding hydrogens is 426 g/mol. The monoisotopic (exact) mass is 460 g/mol. The van der Waals surface area contributed by atoms with Crippen molar-refractivity contribution in [2.24, 2.45) is 23.2 Å². The van der Waals surface area contributed by atoms with Gasteiger partial charge in [0.25, 0.3) is 0 Å². The molecule has 1 saturated heterocycles. The van der Waals surface area contributed by atoms with Crippen molar-refractivity contribution in [3.63, 3.8) is 0 Å². The highest BCUT2D eigenvalue weighted by molar-refractivity contribution is 7.86. The number of Topliss-reactive ketones (excluding diaryl/α,β-unsaturated/α-hetero) is 1. The molecule has 0 N–H and O–H groups in total. The predicted octanol–water partition coefficient (Wildman–Crippen LogP) is 4.27. The van der Waals surface area contributed by atoms with Crippen LogP contribution >= 0.6 is 0 Å². The summed E-state index contributed by atoms with van der Waals surface area (Å²) in [5.41, 5.74) is 2.39. The van der Waals surface area contributed by atoms with Gasteiger partial charge < -0.3 is 13.9 Å². The van der Waals surface area contributed by atoms with Crippen molar-refractivity contribution in [1.29, 1.82) is 0 Å². The molecule has 1 aliphatic heterocycles. The molecule has 0 unspecified atom stereocenters. The largest absolute Gasteiger partial charge is 0.581 e. The summed E-state index contributed by atoms with van der Waals surface area (Å²) in [6.07, 6.45) is 4.03. The van der Waals surface area contributed by atoms with E-state index < -0.39 is 29.9 Å². The van der Waals surface area contributed by atoms with Crippen molar-refractivity contribution in [1.82, 2.24) is 0 Å². The predicted molar refractivity (Wildman–Crippen MR) is 125 cm³/mol. The summed E-state index contributed by atoms with van der Waals surface area (Å²) >= 11 is -2.35. The van der Waals surface area contributed by atoms with Crippen LogP contribution in [0.2, 0.25) is 0 Å². The Morgan fingerprint density at radius 2 is 1.84 bits per heavy atom. The van der Waals surface area contributed by atoms with Gasteiger partial charge in [0, 0.05) is 21.6 Å². The van der Waals surface area contributed by atoms with E-state index >= 15 is 0 Å². The third-order valence-corrected chi connectivity index (χ3v) is 10.2. The van der Waals surface area contributed by atoms with Gasteiger partial charge in [-0.15, -0.1) is 0 Å². The van der Waals surface area contributed by atoms with Gasteiger partial charge in [-0.05, 0) is 87.7 Å². The van der Waals surface area contributed by atoms with Crippen molar-refractivity contribution in [3.8, 4) is 0 Å². The molecule has 0 bridgehead atoms. The average molecular weight is 460 g/mol. The Labute approximate surface area is 194 Å². The van der Waals surface area contributed by atoms with Crippen LogP contribution in [0.3, 0.4) is 0 Å². The standard InChI is InChI=1S/C25H34BFO4S/c1-23(2)24(3,4)31-26(30-23)17-6-7-18-15(13-17)12-16(14-32(27)29)22-19(18)10-11-25(5)20(22)8-9-21(25)28/h6-7,13,16,19-20,22H,8-12,14H2,1-5H3/t16-,19+,20-,22+,25-,32-/m0/s1. The molecule has 174 valence electrons. The molecule has 3 fully saturated rings. The number of hydrogen-bond donors (Lipinski definition) is 0. The molecule has 0 spiro atoms. The van der Waals surface area contributed by atoms with E-state index in [9.17, 15) is 13.2 Å². The lowest BCUT2D eigenvalue weighted by atomic mass is 9.52. The summed E-state index contributed by atoms with van der Waals surface area (Å²) in [6.45, 7) is 10.3. The van der Waals surface area contributed by atoms with Gasteiger partial charge in [0.15, 0.2) is 11.6 Å². The summed E-state index contributed by atoms with van der Waals surface area (Å²) < 4.78 is 38.0. The SMILES string of the molecule is CC1(C)OB(c2ccc3c(c2)C[C@@H](C[S@+]([O-])F)[C@@H]2[C@@H]3CC[C@]3(C)C(=O)CC[C@@H]23)OC1(C)C. The number of halogens is 1. The topological polar surface area (TPSA) is 58.6 Å². The maximum atomic E-state index is 13.8. The van der Waals surface area contributed by atoms with Gasteiger partial charge >= 0.3 is 7.12 Å². The molecule has 0 aromatic heterocycles. The molecule has 6 atom stereocenters. The van der Waals surface area contributed by atoms with E-state index in [0.29, 0.717) is 24.5 Å². The lowest BCUT2D eigenvalue weighted by Gasteiger charge is -2.51. The summed E-state index contributed by atoms with van der Waals surface area (Å²) in [5.74, 6) is 1.18. The zero-order valence-corrected chi connectivity index (χ0v) is 20.6. The lowest BCUT2D eigenvalue weighted by molar-refractivity contribution is -0.129. The van der Waals surface area contributed by atoms with Crippen molar-refractivity contribution in [2.45, 2.75) is 83.8 Å². The minimum absolute atomic E-state index is 0.0117. The van der Waals surface area contributed by atoms with Crippen LogP contribution < -0.4 is 5.46 Å². The van der Waals surface area contributed by atoms with Crippen LogP contribution in [0.4, 0.5) is 3.89 Å². The zero-order valence-electron chi connectivity index (χ0n) is 19.8. The molecule has 5 rings (SSSR count). The summed E-state index contributed by atoms with van der Waals surface area (Å²) in [7, 11) is -0.432. The van der Waals surface area contributed by atoms with E-state index in [1.54, 1.807) is 0 Å². The van der Waals surface area contributed by atoms with Crippen molar-refractivity contribution in [2.75, 3.05) is 5.75 Å². The third-order valence-electron chi connectivity index (χ3n) is 9.51. The number of carbonyl (C=O) groups is 1. The van der Waals surface area contributed by atoms with Crippen LogP contribution in [0.25, 0.3) is 0 Å². The molecule has 3 aliphatic carbocycles. The van der Waals surface area contributed by atoms with E-state index in [1.165, 1.54) is 11.1 Å². The first-order valence-corrected chi connectivity index (χ1v) is 13.2. The second kappa shape index (κ2) is 7.56. The van der Waals surface area contributed by atoms with Crippen LogP contribution in [0.1, 0.15) is 77.3 Å². The van der Waals surface area contributed by atoms with Crippen LogP contribution in [-0.2, 0) is 32.1 Å². The van der Waals surface area contributed by atoms with Gasteiger partial charge in [-0.1, -0.05) is 25.1 Å². The molecule has 4 nitrogen and oxygen atoms in total. The third kappa shape index (κ3) is 3.41. The number of ketones is 1. The van der Waals surface area contributed by atoms with Crippen LogP contribution in [0, 0.1) is 23.2 Å². The van der Waals surface area contributed by atoms with Crippen LogP contribution in [-0.4, -0.2) is 34.4 Å². The molecule has 0 amide bonds. The molecule has 0 radical (unpaired) electrons. The molecule has 1 aromatic carbocycles. The van der Waals surface area contributed by atoms with E-state index in [2.05, 4.69) is 25.1 Å². The molecule has 32 heavy (non-hydrogen) atoms. The first kappa shape index (κ1) is 22.9. The lowest BCUT2D eigenvalue weighted by Crippen LogP contribution is -2.48. The Morgan fingerprint density at radius 1 is 1.16 bits per heavy atom. The number of carbonyl (C=O) groups excluding carboxylic acids is 1. The van der Waals surface area contributed by atoms with Gasteiger partial charge in [0.05, 0.1) is 11.2 Å². The highest BCUT2D eigenvalue weighted by atomic mass is 32.3. The molecule has 7 heteroatoms. The Kier molecular flexibility index (Phi) is 5.41. The summed E-state index contributed by atoms with van der Waals surface area (Å²) in [4.78, 5) is 12.7. The van der Waals surface area contributed by atoms with Crippen molar-refractivity contribution >= 4 is 29.9 Å². The van der Waals surface area contributed by atoms with Crippen molar-refractivity contribution in [3.05, 3.63) is 29.3 Å². The Bertz CT molecular complexity index is 919. The normalized spacial score (nSPS) is 38.2. The minimum Gasteiger partial charge on any atom is -0.581 e. The Hall–Kier alpha value is -0.885. The van der Waals surface area contributed by atoms with E-state index in [-0.39, 0.29) is 28.9 Å². The second-order valence-corrected chi connectivity index (χ2v) is 12.6. The van der Waals surface area contributed by atoms with Crippen LogP contribution in [0.15, 0.2) is 18.2 Å². The van der Waals surface area contributed by atoms with E-state index in [1.807, 2.05) is 27.7 Å². The fourth-order valence-electron chi connectivity index (χ4n) is 7.03. The van der Waals surface area contributed by atoms with Gasteiger partial charge in [-0.3, -0.25) is 4.79 Å². The van der Waals surface area contributed by atoms with Gasteiger partial charge in [0.1, 0.15) is 11.5 Å². The molecule has 1 aromatic rings. The number of hydrogen-bond acceptors (Lipinski definition) is 4. The quantitative estimate of drug-likeness (QED) is 0.500. The Morgan fingerprint density at radius 3 is 2.50 bits per heavy atom. The van der Waals surface area contributed by atoms with Crippen molar-refractivity contribution < 1.29 is 22.5 Å². The summed E-state index contributed by atoms with van der Waals surface area (Å²) in [5, 5.41) is 0. The zero-order chi connectivity index (χ0) is 23.1. The van der Waals surface area contributed by atoms with Crippen LogP contribution in [0.5, 0.6) is 0 Å². The Balaban J connectivity index is 1.50. The maximum absolute atomic E-state index is 13.8. The van der Waals surface area contributed by atoms with Gasteiger partial charge in [0.2, 0.25) is 0 Å². The first-order chi connectivity index (χ1) is 14.9. The smallest absolute Gasteiger partial charge is 0.494 e. The fourth-order valence-corrected chi connectivity index (χ4v) is 7.71. The number of fused-ring (bicyclic) bond motifs is 5. The molecule has 2 saturated carbocycles. The highest BCUT2D eigenvalue weighted by Gasteiger charge is 2.58. The minimum atomic E-state index is -2.35. The number of benzene rings is 1. The number of rotatable bonds is 3. The molecule has 4 aliphatic rings. The maximum Gasteiger partial charge on any atom is 0.494 e. The fraction of sp³-hybridized carbons (Fsp3) is 0.720. The van der Waals surface area contributed by atoms with Gasteiger partial charge in [-0.25, -0.2) is 0 Å². The second-order valence-electron chi connectivity index (χ2n) is 11.7. The first-order valence-electron chi connectivity index (χ1n) is 12.0. The molecule has 1 heterocycles. The summed E-state index contributed by atoms with van der Waals surface area (Å²) in [6, 6.07) is 6.48. The highest BCUT2D eigenvalue weighted by Crippen LogP contribution is 2.61. The van der Waals surface area contributed by atoms with E-state index in [0.717, 1.165) is 24.7 Å². The van der Waals surface area contributed by atoms with E-state index in [4.69, 9.17) is 9.31 Å². The molecular formula is C25H34BFO4S. The average Bonchev–Trinajstić information content (AvgIpc) is 3.12.